The lowest BCUT2D eigenvalue weighted by Gasteiger charge is -2.45. The molecule has 3 fully saturated rings. The second-order valence-corrected chi connectivity index (χ2v) is 4.66. The SMILES string of the molecule is COC(=O)C(C)NC1CN2CCC1CC2. The molecule has 2 atom stereocenters. The molecule has 4 heteroatoms. The second-order valence-electron chi connectivity index (χ2n) is 4.66. The number of esters is 1. The van der Waals surface area contributed by atoms with Gasteiger partial charge in [-0.25, -0.2) is 0 Å². The Labute approximate surface area is 91.0 Å². The topological polar surface area (TPSA) is 41.6 Å². The highest BCUT2D eigenvalue weighted by Gasteiger charge is 2.35. The van der Waals surface area contributed by atoms with Gasteiger partial charge in [0.2, 0.25) is 0 Å². The quantitative estimate of drug-likeness (QED) is 0.680. The van der Waals surface area contributed by atoms with E-state index < -0.39 is 0 Å². The van der Waals surface area contributed by atoms with Crippen molar-refractivity contribution in [2.24, 2.45) is 5.92 Å². The predicted octanol–water partition coefficient (Wildman–Crippen LogP) is 0.232. The summed E-state index contributed by atoms with van der Waals surface area (Å²) in [5, 5.41) is 3.38. The van der Waals surface area contributed by atoms with Crippen molar-refractivity contribution in [3.05, 3.63) is 0 Å². The lowest BCUT2D eigenvalue weighted by atomic mass is 9.84. The van der Waals surface area contributed by atoms with E-state index in [9.17, 15) is 4.79 Å². The summed E-state index contributed by atoms with van der Waals surface area (Å²) in [5.74, 6) is 0.591. The van der Waals surface area contributed by atoms with Gasteiger partial charge in [0.25, 0.3) is 0 Å². The Morgan fingerprint density at radius 3 is 2.60 bits per heavy atom. The molecule has 0 amide bonds. The van der Waals surface area contributed by atoms with Crippen LogP contribution in [0.4, 0.5) is 0 Å². The molecule has 3 aliphatic rings. The first-order valence-electron chi connectivity index (χ1n) is 5.77. The standard InChI is InChI=1S/C11H20N2O2/c1-8(11(14)15-2)12-10-7-13-5-3-9(10)4-6-13/h8-10,12H,3-7H2,1-2H3. The minimum Gasteiger partial charge on any atom is -0.468 e. The van der Waals surface area contributed by atoms with Crippen LogP contribution in [0.2, 0.25) is 0 Å². The van der Waals surface area contributed by atoms with E-state index in [1.165, 1.54) is 33.0 Å². The van der Waals surface area contributed by atoms with Gasteiger partial charge in [-0.05, 0) is 38.8 Å². The zero-order valence-corrected chi connectivity index (χ0v) is 9.53. The normalized spacial score (nSPS) is 36.3. The van der Waals surface area contributed by atoms with Crippen LogP contribution >= 0.6 is 0 Å². The summed E-state index contributed by atoms with van der Waals surface area (Å²) in [5.41, 5.74) is 0. The zero-order valence-electron chi connectivity index (χ0n) is 9.53. The van der Waals surface area contributed by atoms with Crippen LogP contribution in [0.25, 0.3) is 0 Å². The third-order valence-electron chi connectivity index (χ3n) is 3.67. The minimum absolute atomic E-state index is 0.161. The Morgan fingerprint density at radius 1 is 1.47 bits per heavy atom. The molecule has 2 unspecified atom stereocenters. The second kappa shape index (κ2) is 4.49. The molecule has 0 saturated carbocycles. The molecule has 2 bridgehead atoms. The number of rotatable bonds is 3. The van der Waals surface area contributed by atoms with Crippen LogP contribution in [0.5, 0.6) is 0 Å². The highest BCUT2D eigenvalue weighted by atomic mass is 16.5. The van der Waals surface area contributed by atoms with Crippen LogP contribution < -0.4 is 5.32 Å². The van der Waals surface area contributed by atoms with Crippen molar-refractivity contribution in [1.29, 1.82) is 0 Å². The molecule has 0 radical (unpaired) electrons. The number of hydrogen-bond donors (Lipinski definition) is 1. The third kappa shape index (κ3) is 2.32. The first-order chi connectivity index (χ1) is 7.20. The molecule has 15 heavy (non-hydrogen) atoms. The summed E-state index contributed by atoms with van der Waals surface area (Å²) < 4.78 is 4.72. The maximum Gasteiger partial charge on any atom is 0.322 e. The average molecular weight is 212 g/mol. The van der Waals surface area contributed by atoms with Crippen molar-refractivity contribution in [3.63, 3.8) is 0 Å². The summed E-state index contributed by atoms with van der Waals surface area (Å²) in [6.07, 6.45) is 2.54. The highest BCUT2D eigenvalue weighted by molar-refractivity contribution is 5.75. The van der Waals surface area contributed by atoms with Gasteiger partial charge in [-0.1, -0.05) is 0 Å². The molecule has 0 aromatic heterocycles. The van der Waals surface area contributed by atoms with E-state index in [1.54, 1.807) is 0 Å². The lowest BCUT2D eigenvalue weighted by molar-refractivity contribution is -0.143. The number of carbonyl (C=O) groups excluding carboxylic acids is 1. The van der Waals surface area contributed by atoms with Crippen molar-refractivity contribution in [2.75, 3.05) is 26.7 Å². The van der Waals surface area contributed by atoms with Gasteiger partial charge in [0.05, 0.1) is 7.11 Å². The van der Waals surface area contributed by atoms with Gasteiger partial charge in [0.15, 0.2) is 0 Å². The Kier molecular flexibility index (Phi) is 3.26. The monoisotopic (exact) mass is 212 g/mol. The Hall–Kier alpha value is -0.610. The van der Waals surface area contributed by atoms with Crippen LogP contribution in [-0.2, 0) is 9.53 Å². The van der Waals surface area contributed by atoms with Crippen LogP contribution in [0.1, 0.15) is 19.8 Å². The molecule has 3 saturated heterocycles. The zero-order chi connectivity index (χ0) is 10.8. The maximum atomic E-state index is 11.3. The summed E-state index contributed by atoms with van der Waals surface area (Å²) in [6, 6.07) is 0.294. The fourth-order valence-electron chi connectivity index (χ4n) is 2.72. The molecule has 0 spiro atoms. The Morgan fingerprint density at radius 2 is 2.13 bits per heavy atom. The molecule has 1 N–H and O–H groups in total. The largest absolute Gasteiger partial charge is 0.468 e. The van der Waals surface area contributed by atoms with E-state index in [0.29, 0.717) is 6.04 Å². The molecule has 4 nitrogen and oxygen atoms in total. The smallest absolute Gasteiger partial charge is 0.322 e. The molecule has 3 aliphatic heterocycles. The molecule has 3 rings (SSSR count). The van der Waals surface area contributed by atoms with Crippen molar-refractivity contribution < 1.29 is 9.53 Å². The molecular weight excluding hydrogens is 192 g/mol. The number of methoxy groups -OCH3 is 1. The molecule has 0 aromatic carbocycles. The Balaban J connectivity index is 1.87. The summed E-state index contributed by atoms with van der Waals surface area (Å²) in [6.45, 7) is 5.43. The van der Waals surface area contributed by atoms with Crippen molar-refractivity contribution in [3.8, 4) is 0 Å². The van der Waals surface area contributed by atoms with E-state index in [2.05, 4.69) is 10.2 Å². The fourth-order valence-corrected chi connectivity index (χ4v) is 2.72. The van der Waals surface area contributed by atoms with Gasteiger partial charge >= 0.3 is 5.97 Å². The van der Waals surface area contributed by atoms with Gasteiger partial charge in [0, 0.05) is 12.6 Å². The van der Waals surface area contributed by atoms with Crippen LogP contribution in [0.3, 0.4) is 0 Å². The van der Waals surface area contributed by atoms with E-state index in [-0.39, 0.29) is 12.0 Å². The summed E-state index contributed by atoms with van der Waals surface area (Å²) >= 11 is 0. The number of hydrogen-bond acceptors (Lipinski definition) is 4. The van der Waals surface area contributed by atoms with Crippen molar-refractivity contribution in [1.82, 2.24) is 10.2 Å². The maximum absolute atomic E-state index is 11.3. The van der Waals surface area contributed by atoms with E-state index in [1.807, 2.05) is 6.92 Å². The number of nitrogens with one attached hydrogen (secondary N) is 1. The van der Waals surface area contributed by atoms with Gasteiger partial charge in [-0.2, -0.15) is 0 Å². The fraction of sp³-hybridized carbons (Fsp3) is 0.909. The summed E-state index contributed by atoms with van der Waals surface area (Å²) in [7, 11) is 1.44. The van der Waals surface area contributed by atoms with Gasteiger partial charge in [-0.15, -0.1) is 0 Å². The molecular formula is C11H20N2O2. The van der Waals surface area contributed by atoms with Crippen molar-refractivity contribution in [2.45, 2.75) is 31.8 Å². The number of carbonyl (C=O) groups is 1. The molecule has 0 aromatic rings. The highest BCUT2D eigenvalue weighted by Crippen LogP contribution is 2.27. The van der Waals surface area contributed by atoms with E-state index in [4.69, 9.17) is 4.74 Å². The van der Waals surface area contributed by atoms with E-state index >= 15 is 0 Å². The molecule has 0 aliphatic carbocycles. The number of ether oxygens (including phenoxy) is 1. The predicted molar refractivity (Wildman–Crippen MR) is 57.6 cm³/mol. The lowest BCUT2D eigenvalue weighted by Crippen LogP contribution is -2.58. The number of piperidine rings is 3. The van der Waals surface area contributed by atoms with Crippen LogP contribution in [0, 0.1) is 5.92 Å². The number of fused-ring (bicyclic) bond motifs is 3. The third-order valence-corrected chi connectivity index (χ3v) is 3.67. The Bertz CT molecular complexity index is 237. The van der Waals surface area contributed by atoms with Gasteiger partial charge < -0.3 is 15.0 Å². The summed E-state index contributed by atoms with van der Waals surface area (Å²) in [4.78, 5) is 13.8. The first-order valence-corrected chi connectivity index (χ1v) is 5.77. The van der Waals surface area contributed by atoms with E-state index in [0.717, 1.165) is 12.5 Å². The van der Waals surface area contributed by atoms with Crippen LogP contribution in [-0.4, -0.2) is 49.7 Å². The average Bonchev–Trinajstić information content (AvgIpc) is 2.29. The van der Waals surface area contributed by atoms with Gasteiger partial charge in [-0.3, -0.25) is 4.79 Å². The van der Waals surface area contributed by atoms with Gasteiger partial charge in [0.1, 0.15) is 6.04 Å². The molecule has 3 heterocycles. The first kappa shape index (κ1) is 10.9. The van der Waals surface area contributed by atoms with Crippen molar-refractivity contribution >= 4 is 5.97 Å². The minimum atomic E-state index is -0.180. The molecule has 86 valence electrons. The number of nitrogens with zero attached hydrogens (tertiary/aromatic N) is 1. The van der Waals surface area contributed by atoms with Crippen LogP contribution in [0.15, 0.2) is 0 Å².